The van der Waals surface area contributed by atoms with Gasteiger partial charge in [-0.3, -0.25) is 9.59 Å². The second kappa shape index (κ2) is 8.02. The van der Waals surface area contributed by atoms with Crippen LogP contribution in [0.4, 0.5) is 11.4 Å². The van der Waals surface area contributed by atoms with Crippen molar-refractivity contribution >= 4 is 35.0 Å². The summed E-state index contributed by atoms with van der Waals surface area (Å²) in [6, 6.07) is 17.5. The van der Waals surface area contributed by atoms with E-state index in [0.717, 1.165) is 29.3 Å². The van der Waals surface area contributed by atoms with Crippen molar-refractivity contribution in [2.24, 2.45) is 0 Å². The fourth-order valence-electron chi connectivity index (χ4n) is 2.71. The first-order chi connectivity index (χ1) is 11.7. The van der Waals surface area contributed by atoms with Crippen LogP contribution in [-0.2, 0) is 9.59 Å². The van der Waals surface area contributed by atoms with Crippen molar-refractivity contribution < 1.29 is 9.59 Å². The summed E-state index contributed by atoms with van der Waals surface area (Å²) in [7, 11) is 0. The Bertz CT molecular complexity index is 718. The van der Waals surface area contributed by atoms with Gasteiger partial charge in [0, 0.05) is 30.0 Å². The number of rotatable bonds is 6. The number of benzene rings is 2. The smallest absolute Gasteiger partial charge is 0.227 e. The van der Waals surface area contributed by atoms with Crippen molar-refractivity contribution in [2.45, 2.75) is 24.2 Å². The summed E-state index contributed by atoms with van der Waals surface area (Å²) in [6.07, 6.45) is 1.88. The van der Waals surface area contributed by atoms with Gasteiger partial charge in [0.15, 0.2) is 0 Å². The number of carbonyl (C=O) groups excluding carboxylic acids is 2. The third kappa shape index (κ3) is 4.17. The van der Waals surface area contributed by atoms with Gasteiger partial charge in [0.1, 0.15) is 0 Å². The standard InChI is InChI=1S/C19H20N2O2S/c22-18(12-14-24-15-7-2-1-3-8-15)20-16-9-4-5-10-17(16)21-13-6-11-19(21)23/h1-5,7-10H,6,11-14H2,(H,20,22). The highest BCUT2D eigenvalue weighted by Gasteiger charge is 2.24. The van der Waals surface area contributed by atoms with Crippen LogP contribution in [0.3, 0.4) is 0 Å². The minimum atomic E-state index is -0.0301. The molecule has 1 heterocycles. The van der Waals surface area contributed by atoms with E-state index in [1.807, 2.05) is 54.6 Å². The van der Waals surface area contributed by atoms with E-state index >= 15 is 0 Å². The average Bonchev–Trinajstić information content (AvgIpc) is 3.02. The monoisotopic (exact) mass is 340 g/mol. The lowest BCUT2D eigenvalue weighted by Gasteiger charge is -2.19. The Kier molecular flexibility index (Phi) is 5.54. The summed E-state index contributed by atoms with van der Waals surface area (Å²) in [5.41, 5.74) is 1.51. The molecule has 1 aliphatic rings. The maximum atomic E-state index is 12.2. The Balaban J connectivity index is 1.57. The van der Waals surface area contributed by atoms with Gasteiger partial charge in [-0.25, -0.2) is 0 Å². The predicted molar refractivity (Wildman–Crippen MR) is 98.4 cm³/mol. The fourth-order valence-corrected chi connectivity index (χ4v) is 3.58. The Morgan fingerprint density at radius 2 is 1.83 bits per heavy atom. The molecule has 1 fully saturated rings. The number of hydrogen-bond acceptors (Lipinski definition) is 3. The van der Waals surface area contributed by atoms with Crippen molar-refractivity contribution in [2.75, 3.05) is 22.5 Å². The van der Waals surface area contributed by atoms with Crippen molar-refractivity contribution in [3.05, 3.63) is 54.6 Å². The number of nitrogens with zero attached hydrogens (tertiary/aromatic N) is 1. The Labute approximate surface area is 146 Å². The largest absolute Gasteiger partial charge is 0.324 e. The number of para-hydroxylation sites is 2. The predicted octanol–water partition coefficient (Wildman–Crippen LogP) is 3.93. The van der Waals surface area contributed by atoms with E-state index in [1.54, 1.807) is 16.7 Å². The molecule has 1 saturated heterocycles. The first-order valence-electron chi connectivity index (χ1n) is 8.11. The van der Waals surface area contributed by atoms with E-state index < -0.39 is 0 Å². The molecule has 1 aliphatic heterocycles. The van der Waals surface area contributed by atoms with Crippen LogP contribution in [0.15, 0.2) is 59.5 Å². The molecule has 0 radical (unpaired) electrons. The SMILES string of the molecule is O=C(CCSc1ccccc1)Nc1ccccc1N1CCCC1=O. The Hall–Kier alpha value is -2.27. The van der Waals surface area contributed by atoms with E-state index in [4.69, 9.17) is 0 Å². The highest BCUT2D eigenvalue weighted by molar-refractivity contribution is 7.99. The van der Waals surface area contributed by atoms with Gasteiger partial charge in [-0.2, -0.15) is 0 Å². The van der Waals surface area contributed by atoms with Crippen molar-refractivity contribution in [1.82, 2.24) is 0 Å². The van der Waals surface area contributed by atoms with E-state index in [2.05, 4.69) is 5.32 Å². The molecule has 0 saturated carbocycles. The summed E-state index contributed by atoms with van der Waals surface area (Å²) in [4.78, 5) is 27.1. The lowest BCUT2D eigenvalue weighted by molar-refractivity contribution is -0.117. The van der Waals surface area contributed by atoms with E-state index in [9.17, 15) is 9.59 Å². The molecular weight excluding hydrogens is 320 g/mol. The first-order valence-corrected chi connectivity index (χ1v) is 9.10. The van der Waals surface area contributed by atoms with Crippen LogP contribution in [0.5, 0.6) is 0 Å². The second-order valence-electron chi connectivity index (χ2n) is 5.63. The highest BCUT2D eigenvalue weighted by Crippen LogP contribution is 2.29. The fraction of sp³-hybridized carbons (Fsp3) is 0.263. The van der Waals surface area contributed by atoms with Crippen LogP contribution in [0, 0.1) is 0 Å². The lowest BCUT2D eigenvalue weighted by atomic mass is 10.2. The molecule has 0 atom stereocenters. The van der Waals surface area contributed by atoms with Gasteiger partial charge in [0.2, 0.25) is 11.8 Å². The number of amides is 2. The molecule has 0 bridgehead atoms. The topological polar surface area (TPSA) is 49.4 Å². The van der Waals surface area contributed by atoms with Crippen molar-refractivity contribution in [1.29, 1.82) is 0 Å². The average molecular weight is 340 g/mol. The zero-order valence-corrected chi connectivity index (χ0v) is 14.2. The molecule has 2 aromatic carbocycles. The van der Waals surface area contributed by atoms with Gasteiger partial charge in [-0.1, -0.05) is 30.3 Å². The Morgan fingerprint density at radius 3 is 2.58 bits per heavy atom. The van der Waals surface area contributed by atoms with Crippen LogP contribution >= 0.6 is 11.8 Å². The van der Waals surface area contributed by atoms with Gasteiger partial charge in [-0.05, 0) is 30.7 Å². The first kappa shape index (κ1) is 16.6. The van der Waals surface area contributed by atoms with Crippen LogP contribution in [0.1, 0.15) is 19.3 Å². The molecule has 0 aliphatic carbocycles. The van der Waals surface area contributed by atoms with Gasteiger partial charge in [-0.15, -0.1) is 11.8 Å². The maximum Gasteiger partial charge on any atom is 0.227 e. The van der Waals surface area contributed by atoms with Gasteiger partial charge in [0.05, 0.1) is 11.4 Å². The molecule has 2 amide bonds. The highest BCUT2D eigenvalue weighted by atomic mass is 32.2. The molecule has 24 heavy (non-hydrogen) atoms. The molecule has 3 rings (SSSR count). The molecule has 2 aromatic rings. The molecule has 1 N–H and O–H groups in total. The number of anilines is 2. The number of nitrogens with one attached hydrogen (secondary N) is 1. The van der Waals surface area contributed by atoms with Crippen molar-refractivity contribution in [3.8, 4) is 0 Å². The quantitative estimate of drug-likeness (QED) is 0.811. The van der Waals surface area contributed by atoms with E-state index in [0.29, 0.717) is 18.5 Å². The lowest BCUT2D eigenvalue weighted by Crippen LogP contribution is -2.25. The summed E-state index contributed by atoms with van der Waals surface area (Å²) in [5.74, 6) is 0.814. The summed E-state index contributed by atoms with van der Waals surface area (Å²) in [5, 5.41) is 2.95. The maximum absolute atomic E-state index is 12.2. The van der Waals surface area contributed by atoms with E-state index in [1.165, 1.54) is 0 Å². The third-order valence-corrected chi connectivity index (χ3v) is 4.90. The molecule has 0 spiro atoms. The summed E-state index contributed by atoms with van der Waals surface area (Å²) in [6.45, 7) is 0.718. The molecule has 124 valence electrons. The molecular formula is C19H20N2O2S. The minimum Gasteiger partial charge on any atom is -0.324 e. The van der Waals surface area contributed by atoms with Crippen LogP contribution in [0.25, 0.3) is 0 Å². The number of carbonyl (C=O) groups is 2. The van der Waals surface area contributed by atoms with Crippen LogP contribution < -0.4 is 10.2 Å². The summed E-state index contributed by atoms with van der Waals surface area (Å²) >= 11 is 1.66. The summed E-state index contributed by atoms with van der Waals surface area (Å²) < 4.78 is 0. The molecule has 0 aromatic heterocycles. The molecule has 5 heteroatoms. The zero-order valence-electron chi connectivity index (χ0n) is 13.4. The minimum absolute atomic E-state index is 0.0301. The number of thioether (sulfide) groups is 1. The molecule has 0 unspecified atom stereocenters. The molecule has 4 nitrogen and oxygen atoms in total. The van der Waals surface area contributed by atoms with Crippen LogP contribution in [-0.4, -0.2) is 24.1 Å². The Morgan fingerprint density at radius 1 is 1.08 bits per heavy atom. The third-order valence-electron chi connectivity index (χ3n) is 3.88. The number of hydrogen-bond donors (Lipinski definition) is 1. The van der Waals surface area contributed by atoms with E-state index in [-0.39, 0.29) is 11.8 Å². The van der Waals surface area contributed by atoms with Crippen LogP contribution in [0.2, 0.25) is 0 Å². The van der Waals surface area contributed by atoms with Crippen molar-refractivity contribution in [3.63, 3.8) is 0 Å². The van der Waals surface area contributed by atoms with Gasteiger partial charge >= 0.3 is 0 Å². The second-order valence-corrected chi connectivity index (χ2v) is 6.79. The zero-order chi connectivity index (χ0) is 16.8. The normalized spacial score (nSPS) is 14.0. The van der Waals surface area contributed by atoms with Gasteiger partial charge < -0.3 is 10.2 Å². The van der Waals surface area contributed by atoms with Gasteiger partial charge in [0.25, 0.3) is 0 Å².